The maximum absolute atomic E-state index is 13.9. The van der Waals surface area contributed by atoms with Gasteiger partial charge in [-0.1, -0.05) is 13.0 Å². The maximum Gasteiger partial charge on any atom is 0.417 e. The fourth-order valence-corrected chi connectivity index (χ4v) is 3.84. The molecule has 11 heteroatoms. The van der Waals surface area contributed by atoms with Crippen molar-refractivity contribution in [1.82, 2.24) is 4.98 Å². The summed E-state index contributed by atoms with van der Waals surface area (Å²) in [4.78, 5) is 28.1. The van der Waals surface area contributed by atoms with Gasteiger partial charge in [0.05, 0.1) is 7.11 Å². The first-order chi connectivity index (χ1) is 14.9. The maximum atomic E-state index is 13.9. The number of pyridine rings is 1. The van der Waals surface area contributed by atoms with E-state index in [-0.39, 0.29) is 22.7 Å². The van der Waals surface area contributed by atoms with Gasteiger partial charge in [-0.05, 0) is 25.1 Å². The average Bonchev–Trinajstić information content (AvgIpc) is 3.00. The number of nitrogens with two attached hydrogens (primary N) is 1. The molecule has 1 aromatic heterocycles. The number of methoxy groups -OCH3 is 1. The normalized spacial score (nSPS) is 25.4. The number of nitrogens with one attached hydrogen (secondary N) is 1. The van der Waals surface area contributed by atoms with Gasteiger partial charge in [0.15, 0.2) is 5.60 Å². The Morgan fingerprint density at radius 1 is 1.25 bits per heavy atom. The van der Waals surface area contributed by atoms with Crippen LogP contribution in [0.4, 0.5) is 23.2 Å². The van der Waals surface area contributed by atoms with Crippen molar-refractivity contribution in [3.8, 4) is 5.75 Å². The average molecular weight is 455 g/mol. The summed E-state index contributed by atoms with van der Waals surface area (Å²) in [5, 5.41) is 2.44. The van der Waals surface area contributed by atoms with Crippen molar-refractivity contribution in [1.29, 1.82) is 0 Å². The van der Waals surface area contributed by atoms with Gasteiger partial charge < -0.3 is 20.5 Å². The molecular weight excluding hydrogens is 434 g/mol. The molecule has 0 saturated carbocycles. The molecule has 1 aromatic carbocycles. The summed E-state index contributed by atoms with van der Waals surface area (Å²) in [7, 11) is 1.25. The third-order valence-corrected chi connectivity index (χ3v) is 5.76. The molecular formula is C21H21F4N3O4. The highest BCUT2D eigenvalue weighted by Gasteiger charge is 2.65. The molecule has 4 atom stereocenters. The monoisotopic (exact) mass is 455 g/mol. The zero-order chi connectivity index (χ0) is 23.8. The van der Waals surface area contributed by atoms with Crippen molar-refractivity contribution < 1.29 is 36.6 Å². The number of aromatic nitrogens is 1. The van der Waals surface area contributed by atoms with Gasteiger partial charge in [-0.25, -0.2) is 4.39 Å². The fourth-order valence-electron chi connectivity index (χ4n) is 3.84. The summed E-state index contributed by atoms with van der Waals surface area (Å²) in [6, 6.07) is 5.92. The number of nitrogens with zero attached hydrogens (tertiary/aromatic N) is 1. The van der Waals surface area contributed by atoms with Crippen LogP contribution in [-0.2, 0) is 9.53 Å². The minimum atomic E-state index is -4.79. The van der Waals surface area contributed by atoms with Crippen molar-refractivity contribution in [2.24, 2.45) is 11.7 Å². The zero-order valence-electron chi connectivity index (χ0n) is 17.4. The Bertz CT molecular complexity index is 1050. The summed E-state index contributed by atoms with van der Waals surface area (Å²) in [5.41, 5.74) is 2.67. The van der Waals surface area contributed by atoms with Crippen LogP contribution >= 0.6 is 0 Å². The Balaban J connectivity index is 2.04. The lowest BCUT2D eigenvalue weighted by atomic mass is 9.77. The number of rotatable bonds is 5. The summed E-state index contributed by atoms with van der Waals surface area (Å²) in [6.45, 7) is 2.18. The number of hydrogen-bond acceptors (Lipinski definition) is 5. The predicted octanol–water partition coefficient (Wildman–Crippen LogP) is 3.41. The topological polar surface area (TPSA) is 104 Å². The molecule has 2 heterocycles. The lowest BCUT2D eigenvalue weighted by Gasteiger charge is -2.32. The minimum Gasteiger partial charge on any atom is -0.496 e. The van der Waals surface area contributed by atoms with Gasteiger partial charge >= 0.3 is 6.18 Å². The number of carbonyl (C=O) groups excluding carboxylic acids is 2. The molecule has 7 nitrogen and oxygen atoms in total. The van der Waals surface area contributed by atoms with Gasteiger partial charge in [0.1, 0.15) is 23.4 Å². The first kappa shape index (κ1) is 23.5. The van der Waals surface area contributed by atoms with E-state index in [4.69, 9.17) is 15.2 Å². The number of amides is 2. The number of hydrogen-bond donors (Lipinski definition) is 2. The van der Waals surface area contributed by atoms with E-state index in [0.717, 1.165) is 19.1 Å². The van der Waals surface area contributed by atoms with Gasteiger partial charge in [0.25, 0.3) is 11.8 Å². The second kappa shape index (κ2) is 8.38. The van der Waals surface area contributed by atoms with Gasteiger partial charge in [-0.15, -0.1) is 0 Å². The molecule has 0 bridgehead atoms. The zero-order valence-corrected chi connectivity index (χ0v) is 17.4. The lowest BCUT2D eigenvalue weighted by Crippen LogP contribution is -2.47. The number of benzene rings is 1. The highest BCUT2D eigenvalue weighted by Crippen LogP contribution is 2.54. The van der Waals surface area contributed by atoms with Crippen molar-refractivity contribution >= 4 is 17.5 Å². The highest BCUT2D eigenvalue weighted by molar-refractivity contribution is 5.97. The van der Waals surface area contributed by atoms with Crippen LogP contribution in [0.15, 0.2) is 36.5 Å². The SMILES string of the molecule is COc1cc(F)ccc1[C@H]1[C@H](C(=O)Nc2ccnc(C(N)=O)c2)O[C@](C)(C(F)(F)F)[C@H]1C. The minimum absolute atomic E-state index is 0.00500. The first-order valence-corrected chi connectivity index (χ1v) is 9.53. The fraction of sp³-hybridized carbons (Fsp3) is 0.381. The van der Waals surface area contributed by atoms with Crippen LogP contribution in [-0.4, -0.2) is 41.8 Å². The number of carbonyl (C=O) groups is 2. The van der Waals surface area contributed by atoms with E-state index in [1.54, 1.807) is 0 Å². The largest absolute Gasteiger partial charge is 0.496 e. The summed E-state index contributed by atoms with van der Waals surface area (Å²) < 4.78 is 66.0. The van der Waals surface area contributed by atoms with Gasteiger partial charge in [0.2, 0.25) is 0 Å². The van der Waals surface area contributed by atoms with Crippen molar-refractivity contribution in [3.63, 3.8) is 0 Å². The van der Waals surface area contributed by atoms with E-state index in [1.807, 2.05) is 0 Å². The molecule has 3 rings (SSSR count). The van der Waals surface area contributed by atoms with Crippen LogP contribution in [0.2, 0.25) is 0 Å². The number of ether oxygens (including phenoxy) is 2. The Kier molecular flexibility index (Phi) is 6.14. The number of alkyl halides is 3. The molecule has 1 saturated heterocycles. The summed E-state index contributed by atoms with van der Waals surface area (Å²) >= 11 is 0. The summed E-state index contributed by atoms with van der Waals surface area (Å²) in [5.74, 6) is -4.72. The number of halogens is 4. The Labute approximate surface area is 180 Å². The molecule has 1 aliphatic rings. The van der Waals surface area contributed by atoms with Crippen molar-refractivity contribution in [2.75, 3.05) is 12.4 Å². The van der Waals surface area contributed by atoms with Gasteiger partial charge in [0, 0.05) is 35.3 Å². The lowest BCUT2D eigenvalue weighted by molar-refractivity contribution is -0.272. The number of anilines is 1. The van der Waals surface area contributed by atoms with Crippen LogP contribution in [0, 0.1) is 11.7 Å². The van der Waals surface area contributed by atoms with E-state index < -0.39 is 47.3 Å². The quantitative estimate of drug-likeness (QED) is 0.673. The second-order valence-electron chi connectivity index (χ2n) is 7.63. The summed E-state index contributed by atoms with van der Waals surface area (Å²) in [6.07, 6.45) is -5.17. The molecule has 3 N–H and O–H groups in total. The molecule has 1 fully saturated rings. The molecule has 0 unspecified atom stereocenters. The van der Waals surface area contributed by atoms with Crippen LogP contribution in [0.25, 0.3) is 0 Å². The molecule has 32 heavy (non-hydrogen) atoms. The van der Waals surface area contributed by atoms with E-state index in [1.165, 1.54) is 38.4 Å². The van der Waals surface area contributed by atoms with E-state index in [0.29, 0.717) is 0 Å². The molecule has 1 aliphatic heterocycles. The van der Waals surface area contributed by atoms with E-state index >= 15 is 0 Å². The highest BCUT2D eigenvalue weighted by atomic mass is 19.4. The van der Waals surface area contributed by atoms with Crippen LogP contribution in [0.5, 0.6) is 5.75 Å². The van der Waals surface area contributed by atoms with E-state index in [9.17, 15) is 27.2 Å². The van der Waals surface area contributed by atoms with E-state index in [2.05, 4.69) is 10.3 Å². The van der Waals surface area contributed by atoms with Crippen LogP contribution in [0.1, 0.15) is 35.8 Å². The number of primary amides is 1. The smallest absolute Gasteiger partial charge is 0.417 e. The van der Waals surface area contributed by atoms with Crippen LogP contribution < -0.4 is 15.8 Å². The predicted molar refractivity (Wildman–Crippen MR) is 106 cm³/mol. The third-order valence-electron chi connectivity index (χ3n) is 5.76. The van der Waals surface area contributed by atoms with Crippen molar-refractivity contribution in [3.05, 3.63) is 53.6 Å². The Morgan fingerprint density at radius 3 is 2.53 bits per heavy atom. The molecule has 2 amide bonds. The molecule has 2 aromatic rings. The molecule has 0 spiro atoms. The molecule has 0 radical (unpaired) electrons. The standard InChI is InChI=1S/C21H21F4N3O4/c1-10-16(13-5-4-11(22)8-15(13)31-3)17(32-20(10,2)21(23,24)25)19(30)28-12-6-7-27-14(9-12)18(26)29/h4-10,16-17H,1-3H3,(H2,26,29)(H,27,28,30)/t10-,16-,17+,20-/m0/s1. The second-order valence-corrected chi connectivity index (χ2v) is 7.63. The van der Waals surface area contributed by atoms with Crippen molar-refractivity contribution in [2.45, 2.75) is 37.6 Å². The van der Waals surface area contributed by atoms with Gasteiger partial charge in [-0.3, -0.25) is 14.6 Å². The Hall–Kier alpha value is -3.21. The molecule has 0 aliphatic carbocycles. The Morgan fingerprint density at radius 2 is 1.94 bits per heavy atom. The van der Waals surface area contributed by atoms with Gasteiger partial charge in [-0.2, -0.15) is 13.2 Å². The van der Waals surface area contributed by atoms with Crippen LogP contribution in [0.3, 0.4) is 0 Å². The first-order valence-electron chi connectivity index (χ1n) is 9.53. The molecule has 172 valence electrons. The third kappa shape index (κ3) is 4.12.